The molecule has 1 aromatic heterocycles. The zero-order valence-corrected chi connectivity index (χ0v) is 15.5. The van der Waals surface area contributed by atoms with Crippen LogP contribution in [0.4, 0.5) is 0 Å². The molecule has 1 aliphatic heterocycles. The molecule has 0 saturated carbocycles. The van der Waals surface area contributed by atoms with Crippen LogP contribution in [0.15, 0.2) is 29.4 Å². The standard InChI is InChI=1S/C14H16N2O6S3/c17-10(9-16-13(18)4-5-14(16)19)11(25(20,21)22)6-8-23-24-12-3-1-2-7-15-12/h1-3,7,11H,4-6,8-9H2,(H,20,21,22). The number of ketones is 1. The number of hydrogen-bond acceptors (Lipinski definition) is 8. The van der Waals surface area contributed by atoms with E-state index in [0.29, 0.717) is 0 Å². The van der Waals surface area contributed by atoms with Crippen LogP contribution < -0.4 is 0 Å². The molecule has 1 N–H and O–H groups in total. The van der Waals surface area contributed by atoms with Crippen molar-refractivity contribution in [3.05, 3.63) is 24.4 Å². The van der Waals surface area contributed by atoms with Gasteiger partial charge in [-0.05, 0) is 29.3 Å². The number of carbonyl (C=O) groups is 3. The van der Waals surface area contributed by atoms with E-state index in [1.807, 2.05) is 6.07 Å². The van der Waals surface area contributed by atoms with Crippen LogP contribution in [-0.4, -0.2) is 58.0 Å². The van der Waals surface area contributed by atoms with Gasteiger partial charge in [0.25, 0.3) is 10.1 Å². The minimum absolute atomic E-state index is 0.0131. The summed E-state index contributed by atoms with van der Waals surface area (Å²) in [6, 6.07) is 5.36. The van der Waals surface area contributed by atoms with E-state index in [0.717, 1.165) is 9.93 Å². The Bertz CT molecular complexity index is 737. The first-order chi connectivity index (χ1) is 11.8. The number of nitrogens with zero attached hydrogens (tertiary/aromatic N) is 2. The Balaban J connectivity index is 1.91. The number of likely N-dealkylation sites (tertiary alicyclic amines) is 1. The molecule has 1 saturated heterocycles. The molecule has 25 heavy (non-hydrogen) atoms. The summed E-state index contributed by atoms with van der Waals surface area (Å²) in [6.07, 6.45) is 1.52. The van der Waals surface area contributed by atoms with Crippen LogP contribution in [0.5, 0.6) is 0 Å². The summed E-state index contributed by atoms with van der Waals surface area (Å²) >= 11 is 0. The van der Waals surface area contributed by atoms with E-state index < -0.39 is 39.5 Å². The van der Waals surface area contributed by atoms with Crippen molar-refractivity contribution in [1.29, 1.82) is 0 Å². The predicted octanol–water partition coefficient (Wildman–Crippen LogP) is 1.19. The maximum Gasteiger partial charge on any atom is 0.275 e. The van der Waals surface area contributed by atoms with Crippen LogP contribution in [0.25, 0.3) is 0 Å². The fourth-order valence-corrected chi connectivity index (χ4v) is 5.13. The Morgan fingerprint density at radius 1 is 1.28 bits per heavy atom. The fraction of sp³-hybridized carbons (Fsp3) is 0.429. The number of Topliss-reactive ketones (excluding diaryl/α,β-unsaturated/α-hetero) is 1. The van der Waals surface area contributed by atoms with Crippen LogP contribution in [-0.2, 0) is 24.5 Å². The van der Waals surface area contributed by atoms with E-state index >= 15 is 0 Å². The van der Waals surface area contributed by atoms with Crippen molar-refractivity contribution in [2.45, 2.75) is 29.5 Å². The highest BCUT2D eigenvalue weighted by molar-refractivity contribution is 8.76. The molecule has 1 unspecified atom stereocenters. The lowest BCUT2D eigenvalue weighted by Crippen LogP contribution is -2.41. The molecule has 0 radical (unpaired) electrons. The van der Waals surface area contributed by atoms with Gasteiger partial charge in [-0.15, -0.1) is 0 Å². The van der Waals surface area contributed by atoms with E-state index in [9.17, 15) is 27.4 Å². The smallest absolute Gasteiger partial charge is 0.275 e. The summed E-state index contributed by atoms with van der Waals surface area (Å²) in [6.45, 7) is -0.625. The first-order valence-electron chi connectivity index (χ1n) is 7.31. The number of aromatic nitrogens is 1. The van der Waals surface area contributed by atoms with Crippen molar-refractivity contribution in [3.8, 4) is 0 Å². The molecule has 1 aliphatic rings. The third kappa shape index (κ3) is 5.80. The molecule has 11 heteroatoms. The molecular weight excluding hydrogens is 388 g/mol. The summed E-state index contributed by atoms with van der Waals surface area (Å²) in [5.74, 6) is -1.62. The molecule has 2 rings (SSSR count). The van der Waals surface area contributed by atoms with Crippen molar-refractivity contribution in [1.82, 2.24) is 9.88 Å². The van der Waals surface area contributed by atoms with Gasteiger partial charge in [0.05, 0.1) is 6.54 Å². The molecule has 136 valence electrons. The number of amides is 2. The minimum atomic E-state index is -4.62. The van der Waals surface area contributed by atoms with Gasteiger partial charge < -0.3 is 0 Å². The van der Waals surface area contributed by atoms with Crippen LogP contribution in [0.3, 0.4) is 0 Å². The zero-order valence-electron chi connectivity index (χ0n) is 13.0. The van der Waals surface area contributed by atoms with Gasteiger partial charge in [0.2, 0.25) is 11.8 Å². The number of rotatable bonds is 9. The lowest BCUT2D eigenvalue weighted by Gasteiger charge is -2.17. The Morgan fingerprint density at radius 3 is 2.52 bits per heavy atom. The highest BCUT2D eigenvalue weighted by Crippen LogP contribution is 2.30. The highest BCUT2D eigenvalue weighted by Gasteiger charge is 2.36. The Labute approximate surface area is 152 Å². The Hall–Kier alpha value is -1.43. The van der Waals surface area contributed by atoms with E-state index in [1.165, 1.54) is 21.6 Å². The lowest BCUT2D eigenvalue weighted by atomic mass is 10.2. The first kappa shape index (κ1) is 19.9. The van der Waals surface area contributed by atoms with Crippen molar-refractivity contribution in [2.75, 3.05) is 12.3 Å². The monoisotopic (exact) mass is 404 g/mol. The quantitative estimate of drug-likeness (QED) is 0.280. The second kappa shape index (κ2) is 8.79. The summed E-state index contributed by atoms with van der Waals surface area (Å²) in [5.41, 5.74) is 0. The molecule has 0 spiro atoms. The van der Waals surface area contributed by atoms with Crippen molar-refractivity contribution >= 4 is 49.3 Å². The fourth-order valence-electron chi connectivity index (χ4n) is 2.19. The topological polar surface area (TPSA) is 122 Å². The molecule has 1 fully saturated rings. The van der Waals surface area contributed by atoms with Crippen LogP contribution in [0.2, 0.25) is 0 Å². The molecular formula is C14H16N2O6S3. The third-order valence-electron chi connectivity index (χ3n) is 3.43. The molecule has 2 amide bonds. The number of pyridine rings is 1. The van der Waals surface area contributed by atoms with Gasteiger partial charge in [-0.3, -0.25) is 23.8 Å². The zero-order chi connectivity index (χ0) is 18.4. The first-order valence-corrected chi connectivity index (χ1v) is 11.1. The molecule has 2 heterocycles. The van der Waals surface area contributed by atoms with Crippen LogP contribution in [0.1, 0.15) is 19.3 Å². The Kier molecular flexibility index (Phi) is 6.99. The van der Waals surface area contributed by atoms with E-state index in [4.69, 9.17) is 0 Å². The second-order valence-electron chi connectivity index (χ2n) is 5.21. The molecule has 1 atom stereocenters. The summed E-state index contributed by atoms with van der Waals surface area (Å²) < 4.78 is 32.3. The molecule has 1 aromatic rings. The van der Waals surface area contributed by atoms with Crippen molar-refractivity contribution < 1.29 is 27.4 Å². The van der Waals surface area contributed by atoms with E-state index in [1.54, 1.807) is 18.3 Å². The molecule has 0 aromatic carbocycles. The number of hydrogen-bond donors (Lipinski definition) is 1. The van der Waals surface area contributed by atoms with Crippen molar-refractivity contribution in [2.24, 2.45) is 0 Å². The second-order valence-corrected chi connectivity index (χ2v) is 9.24. The summed E-state index contributed by atoms with van der Waals surface area (Å²) in [7, 11) is -2.01. The van der Waals surface area contributed by atoms with Crippen LogP contribution in [0, 0.1) is 0 Å². The normalized spacial score (nSPS) is 16.3. The van der Waals surface area contributed by atoms with E-state index in [-0.39, 0.29) is 25.0 Å². The average Bonchev–Trinajstić information content (AvgIpc) is 2.86. The number of carbonyl (C=O) groups excluding carboxylic acids is 3. The minimum Gasteiger partial charge on any atom is -0.296 e. The summed E-state index contributed by atoms with van der Waals surface area (Å²) in [4.78, 5) is 40.1. The number of imide groups is 1. The van der Waals surface area contributed by atoms with Gasteiger partial charge >= 0.3 is 0 Å². The van der Waals surface area contributed by atoms with E-state index in [2.05, 4.69) is 4.98 Å². The van der Waals surface area contributed by atoms with Gasteiger partial charge in [-0.25, -0.2) is 4.98 Å². The highest BCUT2D eigenvalue weighted by atomic mass is 33.1. The van der Waals surface area contributed by atoms with Gasteiger partial charge in [0.1, 0.15) is 10.3 Å². The van der Waals surface area contributed by atoms with Crippen LogP contribution >= 0.6 is 21.6 Å². The van der Waals surface area contributed by atoms with Gasteiger partial charge in [0.15, 0.2) is 5.78 Å². The predicted molar refractivity (Wildman–Crippen MR) is 93.5 cm³/mol. The largest absolute Gasteiger partial charge is 0.296 e. The SMILES string of the molecule is O=C(CN1C(=O)CCC1=O)C(CCSSc1ccccn1)S(=O)(=O)O. The van der Waals surface area contributed by atoms with Gasteiger partial charge in [0, 0.05) is 24.8 Å². The summed E-state index contributed by atoms with van der Waals surface area (Å²) in [5, 5.41) is -0.930. The lowest BCUT2D eigenvalue weighted by molar-refractivity contribution is -0.141. The molecule has 8 nitrogen and oxygen atoms in total. The molecule has 0 aliphatic carbocycles. The van der Waals surface area contributed by atoms with Gasteiger partial charge in [-0.1, -0.05) is 16.9 Å². The molecule has 0 bridgehead atoms. The Morgan fingerprint density at radius 2 is 1.96 bits per heavy atom. The average molecular weight is 404 g/mol. The van der Waals surface area contributed by atoms with Gasteiger partial charge in [-0.2, -0.15) is 8.42 Å². The van der Waals surface area contributed by atoms with Crippen molar-refractivity contribution in [3.63, 3.8) is 0 Å². The maximum atomic E-state index is 12.2. The third-order valence-corrected chi connectivity index (χ3v) is 6.95. The maximum absolute atomic E-state index is 12.2.